The molecule has 0 saturated carbocycles. The van der Waals surface area contributed by atoms with Crippen LogP contribution >= 0.6 is 11.8 Å². The average molecular weight is 626 g/mol. The number of thioether (sulfide) groups is 1. The van der Waals surface area contributed by atoms with Gasteiger partial charge >= 0.3 is 0 Å². The van der Waals surface area contributed by atoms with Crippen molar-refractivity contribution in [2.24, 2.45) is 0 Å². The highest BCUT2D eigenvalue weighted by atomic mass is 32.2. The Hall–Kier alpha value is -1.73. The molecule has 5 N–H and O–H groups in total. The molecule has 5 atom stereocenters. The van der Waals surface area contributed by atoms with Gasteiger partial charge in [0, 0.05) is 12.2 Å². The van der Waals surface area contributed by atoms with E-state index in [9.17, 15) is 24.9 Å². The maximum absolute atomic E-state index is 13.0. The first-order valence-electron chi connectivity index (χ1n) is 16.2. The van der Waals surface area contributed by atoms with Crippen molar-refractivity contribution in [2.45, 2.75) is 140 Å². The number of aromatic nitrogens is 3. The normalized spacial score (nSPS) is 20.8. The number of unbranched alkanes of at least 4 members (excludes halogenated alkanes) is 14. The Balaban J connectivity index is 1.64. The third-order valence-corrected chi connectivity index (χ3v) is 8.76. The van der Waals surface area contributed by atoms with Gasteiger partial charge in [-0.2, -0.15) is 11.8 Å². The van der Waals surface area contributed by atoms with E-state index in [1.807, 2.05) is 0 Å². The molecule has 0 aliphatic carbocycles. The Morgan fingerprint density at radius 1 is 1.00 bits per heavy atom. The van der Waals surface area contributed by atoms with Crippen LogP contribution in [-0.4, -0.2) is 84.6 Å². The Morgan fingerprint density at radius 2 is 1.58 bits per heavy atom. The molecule has 43 heavy (non-hydrogen) atoms. The highest BCUT2D eigenvalue weighted by Crippen LogP contribution is 2.29. The first kappa shape index (κ1) is 37.5. The molecule has 246 valence electrons. The Bertz CT molecular complexity index is 891. The van der Waals surface area contributed by atoms with Crippen LogP contribution in [0.5, 0.6) is 0 Å². The van der Waals surface area contributed by atoms with Crippen molar-refractivity contribution in [3.8, 4) is 0 Å². The first-order valence-corrected chi connectivity index (χ1v) is 17.4. The van der Waals surface area contributed by atoms with Gasteiger partial charge in [0.1, 0.15) is 24.4 Å². The molecular weight excluding hydrogens is 570 g/mol. The lowest BCUT2D eigenvalue weighted by Crippen LogP contribution is -2.45. The fourth-order valence-corrected chi connectivity index (χ4v) is 5.92. The number of hydrogen-bond donors (Lipinski definition) is 5. The van der Waals surface area contributed by atoms with Crippen LogP contribution in [0.1, 0.15) is 116 Å². The van der Waals surface area contributed by atoms with Gasteiger partial charge in [0.15, 0.2) is 12.0 Å². The Kier molecular flexibility index (Phi) is 19.8. The molecule has 1 aromatic rings. The molecule has 2 radical (unpaired) electrons. The number of rotatable bonds is 25. The zero-order valence-electron chi connectivity index (χ0n) is 26.0. The molecule has 11 nitrogen and oxygen atoms in total. The van der Waals surface area contributed by atoms with Crippen molar-refractivity contribution < 1.29 is 29.6 Å². The molecule has 2 heterocycles. The van der Waals surface area contributed by atoms with Crippen LogP contribution in [0.2, 0.25) is 0 Å². The minimum atomic E-state index is -1.32. The molecule has 1 aliphatic rings. The minimum Gasteiger partial charge on any atom is -0.394 e. The lowest BCUT2D eigenvalue weighted by molar-refractivity contribution is -0.126. The second kappa shape index (κ2) is 22.7. The van der Waals surface area contributed by atoms with Crippen molar-refractivity contribution >= 4 is 29.4 Å². The molecule has 2 rings (SSSR count). The van der Waals surface area contributed by atoms with Crippen molar-refractivity contribution in [3.05, 3.63) is 19.5 Å². The smallest absolute Gasteiger partial charge is 0.249 e. The third-order valence-electron chi connectivity index (χ3n) is 7.72. The lowest BCUT2D eigenvalue weighted by Gasteiger charge is -2.17. The van der Waals surface area contributed by atoms with Gasteiger partial charge < -0.3 is 30.7 Å². The molecule has 1 fully saturated rings. The van der Waals surface area contributed by atoms with Gasteiger partial charge in [-0.05, 0) is 25.5 Å². The highest BCUT2D eigenvalue weighted by Gasteiger charge is 2.44. The van der Waals surface area contributed by atoms with Gasteiger partial charge in [-0.25, -0.2) is 4.68 Å². The van der Waals surface area contributed by atoms with Crippen LogP contribution in [0.25, 0.3) is 0 Å². The summed E-state index contributed by atoms with van der Waals surface area (Å²) in [5.41, 5.74) is 0. The maximum Gasteiger partial charge on any atom is 0.249 e. The van der Waals surface area contributed by atoms with E-state index in [0.29, 0.717) is 17.9 Å². The molecule has 0 aromatic carbocycles. The van der Waals surface area contributed by atoms with E-state index in [-0.39, 0.29) is 11.7 Å². The van der Waals surface area contributed by atoms with E-state index >= 15 is 0 Å². The van der Waals surface area contributed by atoms with Crippen LogP contribution in [0.4, 0.5) is 5.82 Å². The summed E-state index contributed by atoms with van der Waals surface area (Å²) >= 11 is 1.48. The number of nitrogens with one attached hydrogen (secondary N) is 2. The summed E-state index contributed by atoms with van der Waals surface area (Å²) in [5.74, 6) is 0.517. The van der Waals surface area contributed by atoms with Crippen molar-refractivity contribution in [1.29, 1.82) is 0 Å². The molecule has 1 saturated heterocycles. The number of nitrogens with zero attached hydrogens (tertiary/aromatic N) is 3. The second-order valence-electron chi connectivity index (χ2n) is 11.4. The van der Waals surface area contributed by atoms with Gasteiger partial charge in [-0.1, -0.05) is 102 Å². The fourth-order valence-electron chi connectivity index (χ4n) is 5.15. The summed E-state index contributed by atoms with van der Waals surface area (Å²) in [6, 6.07) is -0.771. The summed E-state index contributed by atoms with van der Waals surface area (Å²) in [6.45, 7) is 5.50. The molecule has 12 heteroatoms. The predicted molar refractivity (Wildman–Crippen MR) is 170 cm³/mol. The monoisotopic (exact) mass is 625 g/mol. The number of anilines is 1. The van der Waals surface area contributed by atoms with Crippen LogP contribution in [0, 0.1) is 13.3 Å². The summed E-state index contributed by atoms with van der Waals surface area (Å²) in [6.07, 6.45) is 17.8. The number of amides is 2. The van der Waals surface area contributed by atoms with Crippen LogP contribution in [0.3, 0.4) is 0 Å². The molecule has 2 amide bonds. The van der Waals surface area contributed by atoms with Gasteiger partial charge in [0.25, 0.3) is 0 Å². The quantitative estimate of drug-likeness (QED) is 0.0996. The van der Waals surface area contributed by atoms with E-state index in [0.717, 1.165) is 19.3 Å². The third kappa shape index (κ3) is 14.7. The van der Waals surface area contributed by atoms with E-state index in [1.165, 1.54) is 99.7 Å². The number of carbonyl (C=O) groups is 2. The van der Waals surface area contributed by atoms with E-state index in [2.05, 4.69) is 34.8 Å². The Labute approximate surface area is 262 Å². The summed E-state index contributed by atoms with van der Waals surface area (Å²) in [7, 11) is 0. The van der Waals surface area contributed by atoms with Crippen molar-refractivity contribution in [2.75, 3.05) is 23.4 Å². The number of carbonyl (C=O) groups excluding carboxylic acids is 2. The lowest BCUT2D eigenvalue weighted by atomic mass is 10.0. The van der Waals surface area contributed by atoms with Crippen molar-refractivity contribution in [1.82, 2.24) is 20.3 Å². The first-order chi connectivity index (χ1) is 20.9. The van der Waals surface area contributed by atoms with E-state index in [4.69, 9.17) is 4.74 Å². The topological polar surface area (TPSA) is 159 Å². The summed E-state index contributed by atoms with van der Waals surface area (Å²) in [5, 5.41) is 42.7. The van der Waals surface area contributed by atoms with Gasteiger partial charge in [0.2, 0.25) is 11.8 Å². The maximum atomic E-state index is 13.0. The standard InChI is InChI=1S/C31H55N5O6S/c1-3-5-6-7-8-9-10-11-12-13-14-15-16-17-18-19-27(38)32-24(23-43-20-4-2)30(41)33-26-21-36(35-34-26)31-29(40)28(39)25(22-37)42-31/h4,21,24-25,28-29,31,37,39-40H,2-3,5-20,22-23H2,1H3,(H,32,38)(H,33,41)/t24-,25?,28-,29-,31+/m1/s1. The van der Waals surface area contributed by atoms with Crippen LogP contribution in [0.15, 0.2) is 6.20 Å². The number of hydrogen-bond acceptors (Lipinski definition) is 9. The predicted octanol–water partition coefficient (Wildman–Crippen LogP) is 4.35. The molecule has 1 unspecified atom stereocenters. The van der Waals surface area contributed by atoms with Gasteiger partial charge in [-0.15, -0.1) is 5.10 Å². The van der Waals surface area contributed by atoms with Crippen LogP contribution in [-0.2, 0) is 14.3 Å². The minimum absolute atomic E-state index is 0.109. The SMILES string of the molecule is [CH2][CH]CSC[C@@H](NC(=O)CCCCCCCCCCCCCCCCC)C(=O)Nc1cn([C@H]2OC(CO)[C@@H](O)[C@H]2O)nn1. The van der Waals surface area contributed by atoms with Gasteiger partial charge in [-0.3, -0.25) is 9.59 Å². The zero-order valence-corrected chi connectivity index (χ0v) is 26.8. The molecule has 1 aromatic heterocycles. The second-order valence-corrected chi connectivity index (χ2v) is 12.5. The summed E-state index contributed by atoms with van der Waals surface area (Å²) in [4.78, 5) is 25.6. The van der Waals surface area contributed by atoms with Crippen molar-refractivity contribution in [3.63, 3.8) is 0 Å². The molecule has 1 aliphatic heterocycles. The molecule has 0 bridgehead atoms. The zero-order chi connectivity index (χ0) is 31.3. The van der Waals surface area contributed by atoms with E-state index in [1.54, 1.807) is 6.42 Å². The fraction of sp³-hybridized carbons (Fsp3) is 0.806. The Morgan fingerprint density at radius 3 is 2.12 bits per heavy atom. The average Bonchev–Trinajstić information content (AvgIpc) is 3.57. The van der Waals surface area contributed by atoms with E-state index < -0.39 is 43.1 Å². The van der Waals surface area contributed by atoms with Gasteiger partial charge in [0.05, 0.1) is 12.8 Å². The summed E-state index contributed by atoms with van der Waals surface area (Å²) < 4.78 is 6.61. The molecule has 0 spiro atoms. The molecular formula is C31H55N5O6S. The largest absolute Gasteiger partial charge is 0.394 e. The number of ether oxygens (including phenoxy) is 1. The highest BCUT2D eigenvalue weighted by molar-refractivity contribution is 7.99. The number of aliphatic hydroxyl groups is 3. The van der Waals surface area contributed by atoms with Crippen LogP contribution < -0.4 is 10.6 Å². The number of aliphatic hydroxyl groups excluding tert-OH is 3.